The number of alkyl halides is 6. The first-order valence-corrected chi connectivity index (χ1v) is 9.82. The van der Waals surface area contributed by atoms with E-state index in [1.54, 1.807) is 6.07 Å². The Morgan fingerprint density at radius 2 is 1.67 bits per heavy atom. The third kappa shape index (κ3) is 5.51. The first-order chi connectivity index (χ1) is 13.9. The van der Waals surface area contributed by atoms with Gasteiger partial charge in [0.1, 0.15) is 0 Å². The molecule has 1 spiro atoms. The molecular weight excluding hydrogens is 438 g/mol. The molecule has 0 bridgehead atoms. The molecule has 0 aromatic heterocycles. The maximum atomic E-state index is 12.6. The summed E-state index contributed by atoms with van der Waals surface area (Å²) in [6.45, 7) is 2.39. The minimum atomic E-state index is -5.71. The van der Waals surface area contributed by atoms with E-state index >= 15 is 0 Å². The number of hydrogen-bond acceptors (Lipinski definition) is 3. The molecule has 3 rings (SSSR count). The summed E-state index contributed by atoms with van der Waals surface area (Å²) in [6, 6.07) is 7.49. The Morgan fingerprint density at radius 3 is 2.23 bits per heavy atom. The molecule has 0 aliphatic carbocycles. The van der Waals surface area contributed by atoms with Gasteiger partial charge in [0.15, 0.2) is 0 Å². The fourth-order valence-corrected chi connectivity index (χ4v) is 4.34. The average molecular weight is 459 g/mol. The first kappa shape index (κ1) is 23.0. The van der Waals surface area contributed by atoms with Crippen LogP contribution in [0.25, 0.3) is 0 Å². The largest absolute Gasteiger partial charge is 0.434 e. The number of ether oxygens (including phenoxy) is 1. The number of carbonyl (C=O) groups excluding carboxylic acids is 1. The second-order valence-corrected chi connectivity index (χ2v) is 8.36. The lowest BCUT2D eigenvalue weighted by Crippen LogP contribution is -2.50. The highest BCUT2D eigenvalue weighted by molar-refractivity contribution is 6.30. The summed E-state index contributed by atoms with van der Waals surface area (Å²) < 4.78 is 79.4. The van der Waals surface area contributed by atoms with Gasteiger partial charge in [-0.3, -0.25) is 4.90 Å². The standard InChI is InChI=1S/C19H21ClF6N2O2/c20-14-3-1-2-13(10-14)11-27-7-4-17(12-27)5-8-28(9-6-17)16(29)30-15(18(21,22)23)19(24,25)26/h1-3,10,15H,4-9,11-12H2. The fourth-order valence-electron chi connectivity index (χ4n) is 4.12. The number of rotatable bonds is 3. The normalized spacial score (nSPS) is 20.2. The van der Waals surface area contributed by atoms with Gasteiger partial charge in [-0.1, -0.05) is 23.7 Å². The van der Waals surface area contributed by atoms with Crippen LogP contribution >= 0.6 is 11.6 Å². The predicted octanol–water partition coefficient (Wildman–Crippen LogP) is 5.26. The highest BCUT2D eigenvalue weighted by Crippen LogP contribution is 2.42. The first-order valence-electron chi connectivity index (χ1n) is 9.44. The topological polar surface area (TPSA) is 32.8 Å². The molecule has 0 saturated carbocycles. The van der Waals surface area contributed by atoms with Crippen LogP contribution in [0.1, 0.15) is 24.8 Å². The molecule has 0 N–H and O–H groups in total. The maximum absolute atomic E-state index is 12.6. The summed E-state index contributed by atoms with van der Waals surface area (Å²) in [7, 11) is 0. The minimum Gasteiger partial charge on any atom is -0.426 e. The quantitative estimate of drug-likeness (QED) is 0.579. The van der Waals surface area contributed by atoms with Crippen LogP contribution in [0.4, 0.5) is 31.1 Å². The summed E-state index contributed by atoms with van der Waals surface area (Å²) in [6.07, 6.45) is -15.3. The Balaban J connectivity index is 1.53. The summed E-state index contributed by atoms with van der Waals surface area (Å²) in [5, 5.41) is 0.643. The molecule has 2 heterocycles. The summed E-state index contributed by atoms with van der Waals surface area (Å²) >= 11 is 6.00. The van der Waals surface area contributed by atoms with Gasteiger partial charge in [-0.05, 0) is 48.9 Å². The second-order valence-electron chi connectivity index (χ2n) is 7.92. The van der Waals surface area contributed by atoms with Crippen LogP contribution in [-0.2, 0) is 11.3 Å². The molecule has 2 aliphatic rings. The highest BCUT2D eigenvalue weighted by Gasteiger charge is 2.60. The molecule has 1 aromatic carbocycles. The van der Waals surface area contributed by atoms with Crippen LogP contribution in [0.3, 0.4) is 0 Å². The van der Waals surface area contributed by atoms with Crippen molar-refractivity contribution >= 4 is 17.7 Å². The third-order valence-electron chi connectivity index (χ3n) is 5.71. The Bertz CT molecular complexity index is 748. The van der Waals surface area contributed by atoms with E-state index in [0.717, 1.165) is 30.0 Å². The molecule has 1 amide bonds. The molecule has 30 heavy (non-hydrogen) atoms. The number of halogens is 7. The van der Waals surface area contributed by atoms with Gasteiger partial charge in [-0.25, -0.2) is 4.79 Å². The lowest BCUT2D eigenvalue weighted by Gasteiger charge is -2.39. The molecule has 2 fully saturated rings. The summed E-state index contributed by atoms with van der Waals surface area (Å²) in [4.78, 5) is 15.1. The van der Waals surface area contributed by atoms with Crippen molar-refractivity contribution in [3.63, 3.8) is 0 Å². The van der Waals surface area contributed by atoms with Gasteiger partial charge in [0.25, 0.3) is 6.10 Å². The predicted molar refractivity (Wildman–Crippen MR) is 97.0 cm³/mol. The zero-order valence-corrected chi connectivity index (χ0v) is 16.7. The van der Waals surface area contributed by atoms with Crippen LogP contribution in [-0.4, -0.2) is 60.5 Å². The van der Waals surface area contributed by atoms with Gasteiger partial charge in [0.2, 0.25) is 0 Å². The Hall–Kier alpha value is -1.68. The number of amides is 1. The van der Waals surface area contributed by atoms with Crippen LogP contribution in [0, 0.1) is 5.41 Å². The molecular formula is C19H21ClF6N2O2. The van der Waals surface area contributed by atoms with Crippen LogP contribution in [0.15, 0.2) is 24.3 Å². The van der Waals surface area contributed by atoms with E-state index in [4.69, 9.17) is 11.6 Å². The summed E-state index contributed by atoms with van der Waals surface area (Å²) in [5.74, 6) is 0. The fraction of sp³-hybridized carbons (Fsp3) is 0.632. The Morgan fingerprint density at radius 1 is 1.07 bits per heavy atom. The smallest absolute Gasteiger partial charge is 0.426 e. The van der Waals surface area contributed by atoms with Crippen LogP contribution in [0.2, 0.25) is 5.02 Å². The lowest BCUT2D eigenvalue weighted by atomic mass is 9.78. The highest BCUT2D eigenvalue weighted by atomic mass is 35.5. The molecule has 0 atom stereocenters. The van der Waals surface area contributed by atoms with Crippen LogP contribution in [0.5, 0.6) is 0 Å². The average Bonchev–Trinajstić information content (AvgIpc) is 3.00. The van der Waals surface area contributed by atoms with Gasteiger partial charge < -0.3 is 9.64 Å². The molecule has 0 unspecified atom stereocenters. The van der Waals surface area contributed by atoms with Crippen molar-refractivity contribution in [3.8, 4) is 0 Å². The van der Waals surface area contributed by atoms with E-state index < -0.39 is 24.5 Å². The van der Waals surface area contributed by atoms with E-state index in [0.29, 0.717) is 24.4 Å². The monoisotopic (exact) mass is 458 g/mol. The van der Waals surface area contributed by atoms with E-state index in [1.807, 2.05) is 18.2 Å². The molecule has 2 saturated heterocycles. The van der Waals surface area contributed by atoms with E-state index in [-0.39, 0.29) is 18.5 Å². The number of likely N-dealkylation sites (tertiary alicyclic amines) is 2. The van der Waals surface area contributed by atoms with E-state index in [9.17, 15) is 31.1 Å². The molecule has 0 radical (unpaired) electrons. The van der Waals surface area contributed by atoms with Crippen LogP contribution < -0.4 is 0 Å². The Kier molecular flexibility index (Phi) is 6.48. The van der Waals surface area contributed by atoms with Crippen molar-refractivity contribution in [1.29, 1.82) is 0 Å². The van der Waals surface area contributed by atoms with Crippen molar-refractivity contribution in [3.05, 3.63) is 34.9 Å². The van der Waals surface area contributed by atoms with Crippen molar-refractivity contribution in [2.75, 3.05) is 26.2 Å². The lowest BCUT2D eigenvalue weighted by molar-refractivity contribution is -0.308. The van der Waals surface area contributed by atoms with E-state index in [2.05, 4.69) is 9.64 Å². The number of hydrogen-bond donors (Lipinski definition) is 0. The molecule has 11 heteroatoms. The zero-order chi connectivity index (χ0) is 22.2. The maximum Gasteiger partial charge on any atom is 0.434 e. The second kappa shape index (κ2) is 8.45. The molecule has 1 aromatic rings. The molecule has 168 valence electrons. The van der Waals surface area contributed by atoms with Gasteiger partial charge in [0.05, 0.1) is 0 Å². The zero-order valence-electron chi connectivity index (χ0n) is 15.9. The summed E-state index contributed by atoms with van der Waals surface area (Å²) in [5.41, 5.74) is 0.953. The van der Waals surface area contributed by atoms with Crippen molar-refractivity contribution < 1.29 is 35.9 Å². The third-order valence-corrected chi connectivity index (χ3v) is 5.94. The molecule has 2 aliphatic heterocycles. The molecule has 4 nitrogen and oxygen atoms in total. The van der Waals surface area contributed by atoms with Crippen molar-refractivity contribution in [2.24, 2.45) is 5.41 Å². The Labute approximate surface area is 174 Å². The number of piperidine rings is 1. The SMILES string of the molecule is O=C(OC(C(F)(F)F)C(F)(F)F)N1CCC2(CCN(Cc3cccc(Cl)c3)C2)CC1. The van der Waals surface area contributed by atoms with Crippen molar-refractivity contribution in [2.45, 2.75) is 44.3 Å². The van der Waals surface area contributed by atoms with Gasteiger partial charge in [-0.2, -0.15) is 26.3 Å². The minimum absolute atomic E-state index is 0.0618. The van der Waals surface area contributed by atoms with Crippen molar-refractivity contribution in [1.82, 2.24) is 9.80 Å². The van der Waals surface area contributed by atoms with Gasteiger partial charge >= 0.3 is 18.4 Å². The number of carbonyl (C=O) groups is 1. The number of benzene rings is 1. The van der Waals surface area contributed by atoms with Gasteiger partial charge in [-0.15, -0.1) is 0 Å². The van der Waals surface area contributed by atoms with E-state index in [1.165, 1.54) is 0 Å². The van der Waals surface area contributed by atoms with Gasteiger partial charge in [0, 0.05) is 31.2 Å². The number of nitrogens with zero attached hydrogens (tertiary/aromatic N) is 2.